The van der Waals surface area contributed by atoms with Crippen molar-refractivity contribution in [2.24, 2.45) is 5.92 Å². The van der Waals surface area contributed by atoms with Crippen LogP contribution in [0.1, 0.15) is 39.1 Å². The van der Waals surface area contributed by atoms with Gasteiger partial charge in [-0.3, -0.25) is 9.32 Å². The quantitative estimate of drug-likeness (QED) is 0.267. The van der Waals surface area contributed by atoms with E-state index in [0.29, 0.717) is 10.7 Å². The molecule has 0 spiro atoms. The van der Waals surface area contributed by atoms with Crippen molar-refractivity contribution >= 4 is 30.7 Å². The second kappa shape index (κ2) is 11.2. The molecule has 13 heteroatoms. The van der Waals surface area contributed by atoms with Crippen molar-refractivity contribution in [2.45, 2.75) is 58.0 Å². The van der Waals surface area contributed by atoms with Crippen LogP contribution in [0.25, 0.3) is 5.52 Å². The van der Waals surface area contributed by atoms with Crippen LogP contribution >= 0.6 is 19.2 Å². The first kappa shape index (κ1) is 29.5. The molecule has 3 aromatic rings. The Labute approximate surface area is 231 Å². The zero-order chi connectivity index (χ0) is 28.6. The van der Waals surface area contributed by atoms with Gasteiger partial charge in [0, 0.05) is 5.02 Å². The maximum atomic E-state index is 13.9. The first-order chi connectivity index (χ1) is 18.3. The second-order valence-electron chi connectivity index (χ2n) is 9.93. The van der Waals surface area contributed by atoms with Crippen LogP contribution in [0, 0.1) is 12.8 Å². The fourth-order valence-electron chi connectivity index (χ4n) is 4.65. The fourth-order valence-corrected chi connectivity index (χ4v) is 6.64. The average Bonchev–Trinajstić information content (AvgIpc) is 3.39. The molecular formula is C26H33ClN3O8P. The molecule has 0 aliphatic carbocycles. The summed E-state index contributed by atoms with van der Waals surface area (Å²) in [6.45, 7) is 7.93. The van der Waals surface area contributed by atoms with E-state index < -0.39 is 49.5 Å². The number of aliphatic hydroxyl groups excluding tert-OH is 1. The highest BCUT2D eigenvalue weighted by Crippen LogP contribution is 2.52. The van der Waals surface area contributed by atoms with Gasteiger partial charge >= 0.3 is 13.6 Å². The number of aliphatic hydroxyl groups is 2. The third-order valence-electron chi connectivity index (χ3n) is 7.09. The summed E-state index contributed by atoms with van der Waals surface area (Å²) in [5, 5.41) is 27.3. The molecule has 4 rings (SSSR count). The summed E-state index contributed by atoms with van der Waals surface area (Å²) in [5.74, 6) is -1.13. The lowest BCUT2D eigenvalue weighted by atomic mass is 9.81. The number of esters is 1. The van der Waals surface area contributed by atoms with E-state index in [9.17, 15) is 19.6 Å². The summed E-state index contributed by atoms with van der Waals surface area (Å²) < 4.78 is 38.3. The SMILES string of the molecule is CCOC(=O)[C@H](C)CP(=O)(OC[C@H]1O[C@@](C)(c2ccc3c(C)ncnn23)[C@](C)(O)[C@@H]1O)Oc1ccc(Cl)cc1. The van der Waals surface area contributed by atoms with Gasteiger partial charge in [-0.25, -0.2) is 14.1 Å². The van der Waals surface area contributed by atoms with Crippen molar-refractivity contribution in [3.8, 4) is 5.75 Å². The van der Waals surface area contributed by atoms with E-state index in [1.165, 1.54) is 25.4 Å². The highest BCUT2D eigenvalue weighted by atomic mass is 35.5. The largest absolute Gasteiger partial charge is 0.466 e. The number of fused-ring (bicyclic) bond motifs is 1. The Balaban J connectivity index is 1.59. The minimum atomic E-state index is -4.00. The number of hydrogen-bond acceptors (Lipinski definition) is 10. The molecule has 0 radical (unpaired) electrons. The van der Waals surface area contributed by atoms with Crippen LogP contribution in [0.5, 0.6) is 5.75 Å². The molecule has 0 bridgehead atoms. The van der Waals surface area contributed by atoms with Crippen LogP contribution in [-0.2, 0) is 29.0 Å². The predicted molar refractivity (Wildman–Crippen MR) is 143 cm³/mol. The molecule has 2 aromatic heterocycles. The van der Waals surface area contributed by atoms with Gasteiger partial charge in [-0.15, -0.1) is 0 Å². The maximum Gasteiger partial charge on any atom is 0.380 e. The van der Waals surface area contributed by atoms with E-state index >= 15 is 0 Å². The van der Waals surface area contributed by atoms with Crippen LogP contribution < -0.4 is 4.52 Å². The number of nitrogens with zero attached hydrogens (tertiary/aromatic N) is 3. The summed E-state index contributed by atoms with van der Waals surface area (Å²) in [6.07, 6.45) is -1.42. The van der Waals surface area contributed by atoms with E-state index in [0.717, 1.165) is 11.2 Å². The average molecular weight is 582 g/mol. The summed E-state index contributed by atoms with van der Waals surface area (Å²) in [7, 11) is -4.00. The molecule has 1 aliphatic rings. The van der Waals surface area contributed by atoms with Crippen molar-refractivity contribution in [3.05, 3.63) is 59.1 Å². The topological polar surface area (TPSA) is 142 Å². The first-order valence-corrected chi connectivity index (χ1v) is 14.7. The molecule has 1 unspecified atom stereocenters. The van der Waals surface area contributed by atoms with E-state index in [1.54, 1.807) is 49.6 Å². The van der Waals surface area contributed by atoms with Gasteiger partial charge in [-0.1, -0.05) is 18.5 Å². The molecule has 1 fully saturated rings. The zero-order valence-corrected chi connectivity index (χ0v) is 24.1. The highest BCUT2D eigenvalue weighted by Gasteiger charge is 2.62. The van der Waals surface area contributed by atoms with Gasteiger partial charge in [-0.05, 0) is 64.1 Å². The number of benzene rings is 1. The van der Waals surface area contributed by atoms with Crippen molar-refractivity contribution in [1.29, 1.82) is 0 Å². The molecule has 1 aliphatic heterocycles. The van der Waals surface area contributed by atoms with Crippen molar-refractivity contribution in [1.82, 2.24) is 14.6 Å². The monoisotopic (exact) mass is 581 g/mol. The lowest BCUT2D eigenvalue weighted by Gasteiger charge is -2.35. The lowest BCUT2D eigenvalue weighted by Crippen LogP contribution is -2.51. The number of aromatic nitrogens is 3. The van der Waals surface area contributed by atoms with E-state index in [4.69, 9.17) is 30.1 Å². The number of rotatable bonds is 10. The van der Waals surface area contributed by atoms with E-state index in [2.05, 4.69) is 10.1 Å². The third kappa shape index (κ3) is 5.70. The maximum absolute atomic E-state index is 13.9. The Kier molecular flexibility index (Phi) is 8.42. The Morgan fingerprint density at radius 1 is 1.26 bits per heavy atom. The minimum absolute atomic E-state index is 0.168. The molecular weight excluding hydrogens is 549 g/mol. The molecule has 1 saturated heterocycles. The summed E-state index contributed by atoms with van der Waals surface area (Å²) >= 11 is 5.95. The predicted octanol–water partition coefficient (Wildman–Crippen LogP) is 3.90. The summed E-state index contributed by atoms with van der Waals surface area (Å²) in [6, 6.07) is 9.73. The second-order valence-corrected chi connectivity index (χ2v) is 12.4. The highest BCUT2D eigenvalue weighted by molar-refractivity contribution is 7.54. The molecule has 0 amide bonds. The number of hydrogen-bond donors (Lipinski definition) is 2. The Hall–Kier alpha value is -2.53. The number of ether oxygens (including phenoxy) is 2. The molecule has 212 valence electrons. The van der Waals surface area contributed by atoms with Crippen LogP contribution in [0.2, 0.25) is 5.02 Å². The van der Waals surface area contributed by atoms with Crippen molar-refractivity contribution in [2.75, 3.05) is 19.4 Å². The minimum Gasteiger partial charge on any atom is -0.466 e. The molecule has 0 saturated carbocycles. The zero-order valence-electron chi connectivity index (χ0n) is 22.4. The summed E-state index contributed by atoms with van der Waals surface area (Å²) in [5.41, 5.74) is -1.27. The van der Waals surface area contributed by atoms with Crippen LogP contribution in [0.15, 0.2) is 42.7 Å². The number of carbonyl (C=O) groups is 1. The van der Waals surface area contributed by atoms with Crippen LogP contribution in [-0.4, -0.2) is 68.0 Å². The van der Waals surface area contributed by atoms with Gasteiger partial charge < -0.3 is 24.2 Å². The van der Waals surface area contributed by atoms with Gasteiger partial charge in [-0.2, -0.15) is 5.10 Å². The van der Waals surface area contributed by atoms with Crippen molar-refractivity contribution < 1.29 is 38.1 Å². The van der Waals surface area contributed by atoms with Crippen molar-refractivity contribution in [3.63, 3.8) is 0 Å². The van der Waals surface area contributed by atoms with E-state index in [1.807, 2.05) is 6.92 Å². The number of carbonyl (C=O) groups excluding carboxylic acids is 1. The Morgan fingerprint density at radius 2 is 1.95 bits per heavy atom. The molecule has 3 heterocycles. The standard InChI is InChI=1S/C26H33ClN3O8P/c1-6-35-24(32)16(2)14-39(34,38-19-9-7-18(27)8-10-19)36-13-21-23(31)25(4,33)26(5,37-21)22-12-11-20-17(3)28-15-29-30(20)22/h7-12,15-16,21,23,31,33H,6,13-14H2,1-5H3/t16-,21-,23-,25-,26+,39?/m1/s1. The molecule has 6 atom stereocenters. The Bertz CT molecular complexity index is 1380. The van der Waals surface area contributed by atoms with Gasteiger partial charge in [0.2, 0.25) is 0 Å². The normalized spacial score (nSPS) is 27.3. The number of halogens is 1. The lowest BCUT2D eigenvalue weighted by molar-refractivity contribution is -0.146. The molecule has 1 aromatic carbocycles. The first-order valence-electron chi connectivity index (χ1n) is 12.5. The van der Waals surface area contributed by atoms with Gasteiger partial charge in [0.1, 0.15) is 35.5 Å². The van der Waals surface area contributed by atoms with Gasteiger partial charge in [0.15, 0.2) is 0 Å². The van der Waals surface area contributed by atoms with Crippen LogP contribution in [0.4, 0.5) is 0 Å². The van der Waals surface area contributed by atoms with E-state index in [-0.39, 0.29) is 18.5 Å². The summed E-state index contributed by atoms with van der Waals surface area (Å²) in [4.78, 5) is 16.5. The fraction of sp³-hybridized carbons (Fsp3) is 0.500. The Morgan fingerprint density at radius 3 is 2.62 bits per heavy atom. The third-order valence-corrected chi connectivity index (χ3v) is 9.37. The molecule has 2 N–H and O–H groups in total. The van der Waals surface area contributed by atoms with Gasteiger partial charge in [0.05, 0.1) is 42.2 Å². The smallest absolute Gasteiger partial charge is 0.380 e. The molecule has 11 nitrogen and oxygen atoms in total. The van der Waals surface area contributed by atoms with Gasteiger partial charge in [0.25, 0.3) is 0 Å². The van der Waals surface area contributed by atoms with Crippen LogP contribution in [0.3, 0.4) is 0 Å². The number of aryl methyl sites for hydroxylation is 1. The molecule has 39 heavy (non-hydrogen) atoms.